The molecule has 2 aliphatic rings. The topological polar surface area (TPSA) is 40.6 Å². The van der Waals surface area contributed by atoms with Crippen LogP contribution >= 0.6 is 0 Å². The minimum Gasteiger partial charge on any atom is -0.340 e. The Hall–Kier alpha value is -1.84. The third kappa shape index (κ3) is 2.42. The van der Waals surface area contributed by atoms with E-state index in [-0.39, 0.29) is 11.8 Å². The van der Waals surface area contributed by atoms with Crippen LogP contribution in [0.2, 0.25) is 0 Å². The van der Waals surface area contributed by atoms with E-state index in [0.29, 0.717) is 13.0 Å². The lowest BCUT2D eigenvalue weighted by atomic mass is 9.99. The highest BCUT2D eigenvalue weighted by molar-refractivity contribution is 5.89. The molecule has 0 aliphatic carbocycles. The van der Waals surface area contributed by atoms with Crippen molar-refractivity contribution in [2.45, 2.75) is 31.7 Å². The van der Waals surface area contributed by atoms with Crippen LogP contribution in [0.25, 0.3) is 0 Å². The van der Waals surface area contributed by atoms with Crippen molar-refractivity contribution in [2.75, 3.05) is 19.6 Å². The van der Waals surface area contributed by atoms with E-state index in [9.17, 15) is 9.59 Å². The molecule has 0 bridgehead atoms. The third-order valence-corrected chi connectivity index (χ3v) is 4.19. The van der Waals surface area contributed by atoms with E-state index < -0.39 is 6.04 Å². The molecule has 0 saturated carbocycles. The highest BCUT2D eigenvalue weighted by atomic mass is 16.2. The van der Waals surface area contributed by atoms with Crippen LogP contribution in [-0.4, -0.2) is 41.2 Å². The van der Waals surface area contributed by atoms with Gasteiger partial charge in [-0.3, -0.25) is 9.59 Å². The lowest BCUT2D eigenvalue weighted by molar-refractivity contribution is -0.150. The number of carbonyl (C=O) groups is 2. The Morgan fingerprint density at radius 2 is 1.75 bits per heavy atom. The summed E-state index contributed by atoms with van der Waals surface area (Å²) in [7, 11) is 0. The quantitative estimate of drug-likeness (QED) is 0.844. The first kappa shape index (κ1) is 13.2. The van der Waals surface area contributed by atoms with Crippen molar-refractivity contribution in [3.8, 4) is 0 Å². The fourth-order valence-corrected chi connectivity index (χ4v) is 2.90. The maximum Gasteiger partial charge on any atom is 0.250 e. The Morgan fingerprint density at radius 1 is 1.00 bits per heavy atom. The fourth-order valence-electron chi connectivity index (χ4n) is 2.90. The van der Waals surface area contributed by atoms with E-state index in [4.69, 9.17) is 0 Å². The predicted octanol–water partition coefficient (Wildman–Crippen LogP) is 1.97. The summed E-state index contributed by atoms with van der Waals surface area (Å²) < 4.78 is 0. The molecule has 0 aromatic heterocycles. The van der Waals surface area contributed by atoms with Crippen LogP contribution in [0.4, 0.5) is 0 Å². The Labute approximate surface area is 119 Å². The van der Waals surface area contributed by atoms with Crippen LogP contribution < -0.4 is 0 Å². The SMILES string of the molecule is O=C(C(c1ccccc1)N1CCCCC1=O)N1CCC1. The first-order chi connectivity index (χ1) is 9.77. The molecule has 4 nitrogen and oxygen atoms in total. The molecule has 1 unspecified atom stereocenters. The Bertz CT molecular complexity index is 496. The second-order valence-electron chi connectivity index (χ2n) is 5.54. The molecule has 2 heterocycles. The van der Waals surface area contributed by atoms with Gasteiger partial charge in [0.1, 0.15) is 6.04 Å². The summed E-state index contributed by atoms with van der Waals surface area (Å²) in [5, 5.41) is 0. The van der Waals surface area contributed by atoms with Gasteiger partial charge < -0.3 is 9.80 Å². The highest BCUT2D eigenvalue weighted by Gasteiger charge is 2.36. The van der Waals surface area contributed by atoms with Gasteiger partial charge in [0.15, 0.2) is 0 Å². The number of piperidine rings is 1. The summed E-state index contributed by atoms with van der Waals surface area (Å²) in [6, 6.07) is 9.27. The van der Waals surface area contributed by atoms with Gasteiger partial charge in [0.25, 0.3) is 0 Å². The second-order valence-corrected chi connectivity index (χ2v) is 5.54. The number of amides is 2. The van der Waals surface area contributed by atoms with E-state index in [1.54, 1.807) is 4.90 Å². The molecule has 20 heavy (non-hydrogen) atoms. The first-order valence-electron chi connectivity index (χ1n) is 7.40. The molecule has 2 saturated heterocycles. The molecule has 0 spiro atoms. The summed E-state index contributed by atoms with van der Waals surface area (Å²) in [5.74, 6) is 0.191. The van der Waals surface area contributed by atoms with E-state index in [0.717, 1.165) is 37.9 Å². The van der Waals surface area contributed by atoms with E-state index in [1.165, 1.54) is 0 Å². The third-order valence-electron chi connectivity index (χ3n) is 4.19. The number of rotatable bonds is 3. The van der Waals surface area contributed by atoms with E-state index in [1.807, 2.05) is 35.2 Å². The van der Waals surface area contributed by atoms with Gasteiger partial charge in [0.2, 0.25) is 11.8 Å². The van der Waals surface area contributed by atoms with E-state index >= 15 is 0 Å². The van der Waals surface area contributed by atoms with Crippen LogP contribution in [0.15, 0.2) is 30.3 Å². The number of nitrogens with zero attached hydrogens (tertiary/aromatic N) is 2. The zero-order valence-corrected chi connectivity index (χ0v) is 11.6. The average Bonchev–Trinajstić information content (AvgIpc) is 2.40. The smallest absolute Gasteiger partial charge is 0.250 e. The van der Waals surface area contributed by atoms with E-state index in [2.05, 4.69) is 0 Å². The number of hydrogen-bond acceptors (Lipinski definition) is 2. The number of likely N-dealkylation sites (tertiary alicyclic amines) is 2. The van der Waals surface area contributed by atoms with Gasteiger partial charge in [-0.2, -0.15) is 0 Å². The maximum atomic E-state index is 12.7. The molecule has 0 N–H and O–H groups in total. The molecule has 1 aromatic carbocycles. The van der Waals surface area contributed by atoms with Crippen LogP contribution in [0, 0.1) is 0 Å². The number of benzene rings is 1. The Kier molecular flexibility index (Phi) is 3.72. The summed E-state index contributed by atoms with van der Waals surface area (Å²) >= 11 is 0. The van der Waals surface area contributed by atoms with Gasteiger partial charge >= 0.3 is 0 Å². The molecule has 2 aliphatic heterocycles. The Morgan fingerprint density at radius 3 is 2.35 bits per heavy atom. The summed E-state index contributed by atoms with van der Waals surface area (Å²) in [6.45, 7) is 2.34. The molecular weight excluding hydrogens is 252 g/mol. The molecular formula is C16H20N2O2. The fraction of sp³-hybridized carbons (Fsp3) is 0.500. The van der Waals surface area contributed by atoms with Gasteiger partial charge in [-0.15, -0.1) is 0 Å². The lowest BCUT2D eigenvalue weighted by Crippen LogP contribution is -2.51. The van der Waals surface area contributed by atoms with Crippen molar-refractivity contribution >= 4 is 11.8 Å². The van der Waals surface area contributed by atoms with Crippen LogP contribution in [0.1, 0.15) is 37.3 Å². The molecule has 2 fully saturated rings. The Balaban J connectivity index is 1.90. The maximum absolute atomic E-state index is 12.7. The van der Waals surface area contributed by atoms with Gasteiger partial charge in [0.05, 0.1) is 0 Å². The molecule has 0 radical (unpaired) electrons. The molecule has 2 amide bonds. The van der Waals surface area contributed by atoms with Crippen LogP contribution in [-0.2, 0) is 9.59 Å². The summed E-state index contributed by atoms with van der Waals surface area (Å²) in [4.78, 5) is 28.5. The van der Waals surface area contributed by atoms with Crippen LogP contribution in [0.5, 0.6) is 0 Å². The standard InChI is InChI=1S/C16H20N2O2/c19-14-9-4-5-12-18(14)15(13-7-2-1-3-8-13)16(20)17-10-6-11-17/h1-3,7-8,15H,4-6,9-12H2. The summed E-state index contributed by atoms with van der Waals surface area (Å²) in [6.07, 6.45) is 3.56. The molecule has 1 aromatic rings. The van der Waals surface area contributed by atoms with Crippen molar-refractivity contribution < 1.29 is 9.59 Å². The summed E-state index contributed by atoms with van der Waals surface area (Å²) in [5.41, 5.74) is 0.930. The number of carbonyl (C=O) groups excluding carboxylic acids is 2. The number of hydrogen-bond donors (Lipinski definition) is 0. The van der Waals surface area contributed by atoms with Gasteiger partial charge in [-0.1, -0.05) is 30.3 Å². The molecule has 4 heteroatoms. The highest BCUT2D eigenvalue weighted by Crippen LogP contribution is 2.28. The second kappa shape index (κ2) is 5.65. The monoisotopic (exact) mass is 272 g/mol. The zero-order valence-electron chi connectivity index (χ0n) is 11.6. The van der Waals surface area contributed by atoms with Gasteiger partial charge in [0, 0.05) is 26.1 Å². The minimum absolute atomic E-state index is 0.0812. The predicted molar refractivity (Wildman–Crippen MR) is 75.9 cm³/mol. The first-order valence-corrected chi connectivity index (χ1v) is 7.40. The molecule has 1 atom stereocenters. The minimum atomic E-state index is -0.427. The van der Waals surface area contributed by atoms with Gasteiger partial charge in [-0.05, 0) is 24.8 Å². The van der Waals surface area contributed by atoms with Gasteiger partial charge in [-0.25, -0.2) is 0 Å². The normalized spacial score (nSPS) is 20.5. The van der Waals surface area contributed by atoms with Crippen molar-refractivity contribution in [1.29, 1.82) is 0 Å². The zero-order chi connectivity index (χ0) is 13.9. The lowest BCUT2D eigenvalue weighted by Gasteiger charge is -2.40. The molecule has 3 rings (SSSR count). The largest absolute Gasteiger partial charge is 0.340 e. The van der Waals surface area contributed by atoms with Crippen molar-refractivity contribution in [2.24, 2.45) is 0 Å². The van der Waals surface area contributed by atoms with Crippen molar-refractivity contribution in [3.05, 3.63) is 35.9 Å². The molecule has 106 valence electrons. The van der Waals surface area contributed by atoms with Crippen molar-refractivity contribution in [3.63, 3.8) is 0 Å². The average molecular weight is 272 g/mol. The van der Waals surface area contributed by atoms with Crippen molar-refractivity contribution in [1.82, 2.24) is 9.80 Å². The van der Waals surface area contributed by atoms with Crippen LogP contribution in [0.3, 0.4) is 0 Å².